The van der Waals surface area contributed by atoms with Gasteiger partial charge in [-0.25, -0.2) is 4.79 Å². The molecule has 0 radical (unpaired) electrons. The van der Waals surface area contributed by atoms with Crippen LogP contribution in [-0.2, 0) is 16.0 Å². The Morgan fingerprint density at radius 2 is 1.43 bits per heavy atom. The molecule has 0 aromatic heterocycles. The maximum Gasteiger partial charge on any atom is 0.328 e. The Balaban J connectivity index is 1.06. The number of carbonyl (C=O) groups excluding carboxylic acids is 3. The van der Waals surface area contributed by atoms with Gasteiger partial charge in [-0.15, -0.1) is 0 Å². The molecule has 5 rings (SSSR count). The molecule has 0 amide bonds. The summed E-state index contributed by atoms with van der Waals surface area (Å²) in [5, 5.41) is 8.78. The summed E-state index contributed by atoms with van der Waals surface area (Å²) in [5.74, 6) is 0.321. The van der Waals surface area contributed by atoms with Crippen LogP contribution in [0.4, 0.5) is 5.69 Å². The normalized spacial score (nSPS) is 11.5. The lowest BCUT2D eigenvalue weighted by Crippen LogP contribution is -2.33. The number of methoxy groups -OCH3 is 1. The van der Waals surface area contributed by atoms with E-state index in [-0.39, 0.29) is 11.6 Å². The second kappa shape index (κ2) is 16.2. The fourth-order valence-corrected chi connectivity index (χ4v) is 5.28. The quantitative estimate of drug-likeness (QED) is 0.0710. The molecule has 0 aliphatic rings. The molecule has 0 spiro atoms. The number of para-hydroxylation sites is 1. The first kappa shape index (κ1) is 32.1. The standard InChI is InChI=1S/C39H38N2O5/c1-45-39(44)36(41-35-15-8-7-14-34(35)38(43)30-11-3-2-4-12-30)26-28-17-21-33(22-18-28)46-25-24-40-23-9-16-37(42)32-20-19-29-10-5-6-13-31(29)27-32/h2-8,10-15,17-22,27,36,40-41H,9,16,23-26H2,1H3/t36-/m0/s1. The number of hydrogen-bond acceptors (Lipinski definition) is 7. The highest BCUT2D eigenvalue weighted by atomic mass is 16.5. The van der Waals surface area contributed by atoms with E-state index >= 15 is 0 Å². The lowest BCUT2D eigenvalue weighted by atomic mass is 10.00. The van der Waals surface area contributed by atoms with Gasteiger partial charge in [0.05, 0.1) is 7.11 Å². The van der Waals surface area contributed by atoms with E-state index in [9.17, 15) is 14.4 Å². The van der Waals surface area contributed by atoms with Gasteiger partial charge in [-0.1, -0.05) is 91.0 Å². The minimum absolute atomic E-state index is 0.127. The van der Waals surface area contributed by atoms with Crippen LogP contribution in [-0.4, -0.2) is 50.4 Å². The monoisotopic (exact) mass is 614 g/mol. The number of rotatable bonds is 16. The summed E-state index contributed by atoms with van der Waals surface area (Å²) in [6.45, 7) is 1.86. The van der Waals surface area contributed by atoms with E-state index in [0.717, 1.165) is 40.6 Å². The van der Waals surface area contributed by atoms with Gasteiger partial charge in [-0.2, -0.15) is 0 Å². The lowest BCUT2D eigenvalue weighted by molar-refractivity contribution is -0.141. The molecule has 7 nitrogen and oxygen atoms in total. The Labute approximate surface area is 269 Å². The van der Waals surface area contributed by atoms with E-state index in [1.54, 1.807) is 30.3 Å². The van der Waals surface area contributed by atoms with Crippen molar-refractivity contribution >= 4 is 34.0 Å². The number of ketones is 2. The van der Waals surface area contributed by atoms with Crippen LogP contribution in [0.2, 0.25) is 0 Å². The molecule has 0 heterocycles. The highest BCUT2D eigenvalue weighted by molar-refractivity contribution is 6.12. The molecule has 0 aliphatic carbocycles. The van der Waals surface area contributed by atoms with Gasteiger partial charge in [0.15, 0.2) is 11.6 Å². The molecule has 0 saturated heterocycles. The molecule has 234 valence electrons. The number of carbonyl (C=O) groups is 3. The molecule has 5 aromatic rings. The largest absolute Gasteiger partial charge is 0.492 e. The fourth-order valence-electron chi connectivity index (χ4n) is 5.28. The van der Waals surface area contributed by atoms with Crippen LogP contribution in [0, 0.1) is 0 Å². The van der Waals surface area contributed by atoms with Crippen molar-refractivity contribution < 1.29 is 23.9 Å². The summed E-state index contributed by atoms with van der Waals surface area (Å²) in [6, 6.07) is 37.0. The van der Waals surface area contributed by atoms with Crippen molar-refractivity contribution in [3.8, 4) is 5.75 Å². The number of anilines is 1. The third kappa shape index (κ3) is 8.67. The van der Waals surface area contributed by atoms with Crippen LogP contribution in [0.15, 0.2) is 121 Å². The van der Waals surface area contributed by atoms with Gasteiger partial charge >= 0.3 is 5.97 Å². The first-order valence-corrected chi connectivity index (χ1v) is 15.5. The summed E-state index contributed by atoms with van der Waals surface area (Å²) in [7, 11) is 1.35. The molecule has 2 N–H and O–H groups in total. The lowest BCUT2D eigenvalue weighted by Gasteiger charge is -2.20. The van der Waals surface area contributed by atoms with Crippen LogP contribution < -0.4 is 15.4 Å². The zero-order valence-electron chi connectivity index (χ0n) is 25.9. The third-order valence-corrected chi connectivity index (χ3v) is 7.76. The van der Waals surface area contributed by atoms with E-state index in [0.29, 0.717) is 42.8 Å². The average Bonchev–Trinajstić information content (AvgIpc) is 3.11. The minimum atomic E-state index is -0.696. The number of ether oxygens (including phenoxy) is 2. The Bertz CT molecular complexity index is 1770. The van der Waals surface area contributed by atoms with E-state index < -0.39 is 12.0 Å². The third-order valence-electron chi connectivity index (χ3n) is 7.76. The van der Waals surface area contributed by atoms with Crippen LogP contribution >= 0.6 is 0 Å². The number of hydrogen-bond donors (Lipinski definition) is 2. The summed E-state index contributed by atoms with van der Waals surface area (Å²) in [6.07, 6.45) is 1.60. The van der Waals surface area contributed by atoms with Crippen molar-refractivity contribution in [1.82, 2.24) is 5.32 Å². The molecule has 0 saturated carbocycles. The number of Topliss-reactive ketones (excluding diaryl/α,β-unsaturated/α-hetero) is 1. The molecule has 0 bridgehead atoms. The number of esters is 1. The fraction of sp³-hybridized carbons (Fsp3) is 0.205. The summed E-state index contributed by atoms with van der Waals surface area (Å²) in [4.78, 5) is 38.5. The second-order valence-electron chi connectivity index (χ2n) is 11.0. The van der Waals surface area contributed by atoms with Crippen molar-refractivity contribution in [2.24, 2.45) is 0 Å². The maximum atomic E-state index is 13.2. The Morgan fingerprint density at radius 3 is 2.22 bits per heavy atom. The second-order valence-corrected chi connectivity index (χ2v) is 11.0. The van der Waals surface area contributed by atoms with E-state index in [1.807, 2.05) is 91.0 Å². The van der Waals surface area contributed by atoms with Crippen molar-refractivity contribution in [3.63, 3.8) is 0 Å². The SMILES string of the molecule is COC(=O)[C@H](Cc1ccc(OCCNCCCC(=O)c2ccc3ccccc3c2)cc1)Nc1ccccc1C(=O)c1ccccc1. The van der Waals surface area contributed by atoms with Crippen LogP contribution in [0.25, 0.3) is 10.8 Å². The van der Waals surface area contributed by atoms with E-state index in [4.69, 9.17) is 9.47 Å². The van der Waals surface area contributed by atoms with E-state index in [1.165, 1.54) is 7.11 Å². The topological polar surface area (TPSA) is 93.7 Å². The van der Waals surface area contributed by atoms with Gasteiger partial charge < -0.3 is 20.1 Å². The Morgan fingerprint density at radius 1 is 0.717 bits per heavy atom. The minimum Gasteiger partial charge on any atom is -0.492 e. The number of nitrogens with one attached hydrogen (secondary N) is 2. The predicted octanol–water partition coefficient (Wildman–Crippen LogP) is 6.90. The summed E-state index contributed by atoms with van der Waals surface area (Å²) < 4.78 is 11.0. The van der Waals surface area contributed by atoms with Gasteiger partial charge in [0.25, 0.3) is 0 Å². The smallest absolute Gasteiger partial charge is 0.328 e. The molecular formula is C39H38N2O5. The number of fused-ring (bicyclic) bond motifs is 1. The van der Waals surface area contributed by atoms with E-state index in [2.05, 4.69) is 10.6 Å². The van der Waals surface area contributed by atoms with Gasteiger partial charge in [-0.3, -0.25) is 9.59 Å². The van der Waals surface area contributed by atoms with Crippen molar-refractivity contribution in [3.05, 3.63) is 144 Å². The Hall–Kier alpha value is -5.27. The highest BCUT2D eigenvalue weighted by Gasteiger charge is 2.22. The molecule has 0 fully saturated rings. The maximum absolute atomic E-state index is 13.2. The molecular weight excluding hydrogens is 576 g/mol. The summed E-state index contributed by atoms with van der Waals surface area (Å²) >= 11 is 0. The van der Waals surface area contributed by atoms with Crippen LogP contribution in [0.5, 0.6) is 5.75 Å². The average molecular weight is 615 g/mol. The molecule has 7 heteroatoms. The first-order chi connectivity index (χ1) is 22.5. The molecule has 0 unspecified atom stereocenters. The molecule has 5 aromatic carbocycles. The van der Waals surface area contributed by atoms with Gasteiger partial charge in [-0.05, 0) is 59.6 Å². The zero-order chi connectivity index (χ0) is 32.1. The first-order valence-electron chi connectivity index (χ1n) is 15.5. The predicted molar refractivity (Wildman–Crippen MR) is 182 cm³/mol. The summed E-state index contributed by atoms with van der Waals surface area (Å²) in [5.41, 5.74) is 3.29. The molecule has 1 atom stereocenters. The Kier molecular flexibility index (Phi) is 11.3. The molecule has 46 heavy (non-hydrogen) atoms. The van der Waals surface area contributed by atoms with Gasteiger partial charge in [0.1, 0.15) is 18.4 Å². The van der Waals surface area contributed by atoms with Crippen molar-refractivity contribution in [2.75, 3.05) is 32.1 Å². The molecule has 0 aliphatic heterocycles. The highest BCUT2D eigenvalue weighted by Crippen LogP contribution is 2.22. The van der Waals surface area contributed by atoms with Crippen molar-refractivity contribution in [1.29, 1.82) is 0 Å². The number of benzene rings is 5. The van der Waals surface area contributed by atoms with Crippen LogP contribution in [0.3, 0.4) is 0 Å². The van der Waals surface area contributed by atoms with Gasteiger partial charge in [0.2, 0.25) is 0 Å². The van der Waals surface area contributed by atoms with Gasteiger partial charge in [0, 0.05) is 41.8 Å². The van der Waals surface area contributed by atoms with Crippen LogP contribution in [0.1, 0.15) is 44.7 Å². The zero-order valence-corrected chi connectivity index (χ0v) is 25.9. The van der Waals surface area contributed by atoms with Crippen molar-refractivity contribution in [2.45, 2.75) is 25.3 Å².